The van der Waals surface area contributed by atoms with Crippen molar-refractivity contribution in [3.8, 4) is 23.0 Å². The maximum atomic E-state index is 11.7. The molecule has 210 valence electrons. The molecule has 6 heteroatoms. The molecule has 0 amide bonds. The van der Waals surface area contributed by atoms with E-state index in [0.29, 0.717) is 40.2 Å². The number of ether oxygens (including phenoxy) is 2. The Bertz CT molecular complexity index is 1620. The van der Waals surface area contributed by atoms with Gasteiger partial charge in [0.05, 0.1) is 0 Å². The molecular formula is C36H30O6. The summed E-state index contributed by atoms with van der Waals surface area (Å²) < 4.78 is 12.1. The van der Waals surface area contributed by atoms with E-state index in [0.717, 1.165) is 11.8 Å². The van der Waals surface area contributed by atoms with Crippen LogP contribution in [0.4, 0.5) is 0 Å². The lowest BCUT2D eigenvalue weighted by Gasteiger charge is -2.70. The summed E-state index contributed by atoms with van der Waals surface area (Å²) in [5.41, 5.74) is 3.19. The van der Waals surface area contributed by atoms with Gasteiger partial charge in [0, 0.05) is 5.41 Å². The molecule has 4 fully saturated rings. The summed E-state index contributed by atoms with van der Waals surface area (Å²) in [5.74, 6) is 2.68. The van der Waals surface area contributed by atoms with E-state index in [1.54, 1.807) is 48.5 Å². The Hall–Kier alpha value is -4.58. The fourth-order valence-corrected chi connectivity index (χ4v) is 9.43. The largest absolute Gasteiger partial charge is 0.478 e. The van der Waals surface area contributed by atoms with Gasteiger partial charge >= 0.3 is 11.9 Å². The average molecular weight is 559 g/mol. The summed E-state index contributed by atoms with van der Waals surface area (Å²) in [7, 11) is 0. The molecule has 42 heavy (non-hydrogen) atoms. The summed E-state index contributed by atoms with van der Waals surface area (Å²) in [4.78, 5) is 23.3. The lowest BCUT2D eigenvalue weighted by atomic mass is 9.33. The van der Waals surface area contributed by atoms with Crippen LogP contribution in [-0.2, 0) is 5.41 Å². The van der Waals surface area contributed by atoms with Gasteiger partial charge in [-0.15, -0.1) is 0 Å². The highest BCUT2D eigenvalue weighted by molar-refractivity contribution is 5.91. The maximum Gasteiger partial charge on any atom is 0.339 e. The van der Waals surface area contributed by atoms with Crippen molar-refractivity contribution in [3.05, 3.63) is 119 Å². The Morgan fingerprint density at radius 3 is 1.50 bits per heavy atom. The van der Waals surface area contributed by atoms with Crippen LogP contribution >= 0.6 is 0 Å². The SMILES string of the molecule is O=C(O)c1ccccc1Oc1ccc(C2(c3ccc(Oc4ccccc4C(=O)O)cc3)C3CC4CC5CC2C45C3)cc1. The van der Waals surface area contributed by atoms with Crippen molar-refractivity contribution in [2.24, 2.45) is 29.1 Å². The first kappa shape index (κ1) is 25.2. The van der Waals surface area contributed by atoms with Crippen LogP contribution in [0.5, 0.6) is 23.0 Å². The van der Waals surface area contributed by atoms with E-state index in [-0.39, 0.29) is 16.5 Å². The fourth-order valence-electron chi connectivity index (χ4n) is 9.43. The van der Waals surface area contributed by atoms with E-state index < -0.39 is 11.9 Å². The second-order valence-electron chi connectivity index (χ2n) is 12.4. The third-order valence-corrected chi connectivity index (χ3v) is 11.0. The van der Waals surface area contributed by atoms with Crippen LogP contribution in [0.25, 0.3) is 0 Å². The molecular weight excluding hydrogens is 528 g/mol. The zero-order chi connectivity index (χ0) is 28.6. The highest BCUT2D eigenvalue weighted by atomic mass is 16.5. The topological polar surface area (TPSA) is 93.1 Å². The summed E-state index contributed by atoms with van der Waals surface area (Å²) in [6.45, 7) is 0. The quantitative estimate of drug-likeness (QED) is 0.227. The van der Waals surface area contributed by atoms with Crippen molar-refractivity contribution >= 4 is 11.9 Å². The molecule has 0 heterocycles. The Labute approximate surface area is 243 Å². The minimum atomic E-state index is -1.02. The number of aromatic carboxylic acids is 2. The van der Waals surface area contributed by atoms with Gasteiger partial charge in [-0.2, -0.15) is 0 Å². The predicted molar refractivity (Wildman–Crippen MR) is 155 cm³/mol. The van der Waals surface area contributed by atoms with Crippen molar-refractivity contribution in [2.45, 2.75) is 31.1 Å². The summed E-state index contributed by atoms with van der Waals surface area (Å²) in [5, 5.41) is 19.1. The molecule has 4 aliphatic carbocycles. The summed E-state index contributed by atoms with van der Waals surface area (Å²) in [6, 6.07) is 29.9. The molecule has 4 aliphatic rings. The third-order valence-electron chi connectivity index (χ3n) is 11.0. The van der Waals surface area contributed by atoms with Crippen LogP contribution in [0.15, 0.2) is 97.1 Å². The van der Waals surface area contributed by atoms with E-state index in [2.05, 4.69) is 24.3 Å². The number of para-hydroxylation sites is 2. The molecule has 1 spiro atoms. The van der Waals surface area contributed by atoms with Crippen LogP contribution in [0.2, 0.25) is 0 Å². The summed E-state index contributed by atoms with van der Waals surface area (Å²) >= 11 is 0. The molecule has 4 saturated carbocycles. The normalized spacial score (nSPS) is 27.3. The Balaban J connectivity index is 1.14. The lowest BCUT2D eigenvalue weighted by molar-refractivity contribution is -0.194. The second kappa shape index (κ2) is 8.96. The van der Waals surface area contributed by atoms with Gasteiger partial charge in [-0.25, -0.2) is 9.59 Å². The lowest BCUT2D eigenvalue weighted by Crippen LogP contribution is -2.65. The predicted octanol–water partition coefficient (Wildman–Crippen LogP) is 8.02. The van der Waals surface area contributed by atoms with Gasteiger partial charge in [0.1, 0.15) is 34.1 Å². The third kappa shape index (κ3) is 3.32. The molecule has 0 aliphatic heterocycles. The minimum Gasteiger partial charge on any atom is -0.478 e. The first-order valence-electron chi connectivity index (χ1n) is 14.6. The zero-order valence-corrected chi connectivity index (χ0v) is 22.9. The van der Waals surface area contributed by atoms with Crippen molar-refractivity contribution < 1.29 is 29.3 Å². The van der Waals surface area contributed by atoms with E-state index in [9.17, 15) is 19.8 Å². The maximum absolute atomic E-state index is 11.7. The van der Waals surface area contributed by atoms with Crippen molar-refractivity contribution in [2.75, 3.05) is 0 Å². The standard InChI is InChI=1S/C36H30O6/c37-33(38)28-5-1-3-7-30(28)41-26-13-9-21(10-14-26)36(25-18-23-17-24-19-32(36)35(23,24)20-25)22-11-15-27(16-12-22)42-31-8-4-2-6-29(31)34(39)40/h1-16,23-25,32H,17-20H2,(H,37,38)(H,39,40). The average Bonchev–Trinajstić information content (AvgIpc) is 3.49. The van der Waals surface area contributed by atoms with Gasteiger partial charge in [0.2, 0.25) is 0 Å². The Morgan fingerprint density at radius 1 is 0.595 bits per heavy atom. The number of benzene rings is 4. The fraction of sp³-hybridized carbons (Fsp3) is 0.278. The molecule has 0 aromatic heterocycles. The number of carboxylic acids is 2. The van der Waals surface area contributed by atoms with E-state index in [1.165, 1.54) is 36.8 Å². The van der Waals surface area contributed by atoms with Crippen LogP contribution in [0, 0.1) is 29.1 Å². The molecule has 2 N–H and O–H groups in total. The molecule has 2 bridgehead atoms. The van der Waals surface area contributed by atoms with Crippen molar-refractivity contribution in [1.29, 1.82) is 0 Å². The second-order valence-corrected chi connectivity index (χ2v) is 12.4. The number of hydrogen-bond donors (Lipinski definition) is 2. The van der Waals surface area contributed by atoms with Gasteiger partial charge in [-0.05, 0) is 114 Å². The van der Waals surface area contributed by atoms with Crippen LogP contribution in [0.3, 0.4) is 0 Å². The number of carboxylic acid groups (broad SMARTS) is 2. The van der Waals surface area contributed by atoms with Gasteiger partial charge < -0.3 is 19.7 Å². The number of hydrogen-bond acceptors (Lipinski definition) is 4. The van der Waals surface area contributed by atoms with E-state index in [1.807, 2.05) is 24.3 Å². The summed E-state index contributed by atoms with van der Waals surface area (Å²) in [6.07, 6.45) is 5.17. The molecule has 8 rings (SSSR count). The van der Waals surface area contributed by atoms with Crippen LogP contribution in [0.1, 0.15) is 57.5 Å². The van der Waals surface area contributed by atoms with E-state index in [4.69, 9.17) is 9.47 Å². The number of rotatable bonds is 8. The highest BCUT2D eigenvalue weighted by Crippen LogP contribution is 2.86. The zero-order valence-electron chi connectivity index (χ0n) is 22.9. The molecule has 5 unspecified atom stereocenters. The highest BCUT2D eigenvalue weighted by Gasteiger charge is 2.81. The van der Waals surface area contributed by atoms with Gasteiger partial charge in [-0.3, -0.25) is 0 Å². The molecule has 4 aromatic rings. The smallest absolute Gasteiger partial charge is 0.339 e. The van der Waals surface area contributed by atoms with Gasteiger partial charge in [-0.1, -0.05) is 48.5 Å². The Morgan fingerprint density at radius 2 is 1.05 bits per heavy atom. The van der Waals surface area contributed by atoms with Crippen molar-refractivity contribution in [1.82, 2.24) is 0 Å². The molecule has 6 nitrogen and oxygen atoms in total. The number of fused-ring (bicyclic) bond motifs is 1. The molecule has 5 atom stereocenters. The monoisotopic (exact) mass is 558 g/mol. The van der Waals surface area contributed by atoms with Gasteiger partial charge in [0.15, 0.2) is 0 Å². The number of carbonyl (C=O) groups is 2. The van der Waals surface area contributed by atoms with Gasteiger partial charge in [0.25, 0.3) is 0 Å². The molecule has 0 saturated heterocycles. The molecule has 0 radical (unpaired) electrons. The first-order chi connectivity index (χ1) is 20.4. The van der Waals surface area contributed by atoms with Crippen LogP contribution in [-0.4, -0.2) is 22.2 Å². The van der Waals surface area contributed by atoms with E-state index >= 15 is 0 Å². The minimum absolute atomic E-state index is 0.109. The molecule has 4 aromatic carbocycles. The van der Waals surface area contributed by atoms with Crippen LogP contribution < -0.4 is 9.47 Å². The first-order valence-corrected chi connectivity index (χ1v) is 14.6. The Kier molecular flexibility index (Phi) is 5.37. The van der Waals surface area contributed by atoms with Crippen molar-refractivity contribution in [3.63, 3.8) is 0 Å².